The average Bonchev–Trinajstić information content (AvgIpc) is 3.33. The monoisotopic (exact) mass is 418 g/mol. The van der Waals surface area contributed by atoms with E-state index in [-0.39, 0.29) is 29.8 Å². The van der Waals surface area contributed by atoms with Gasteiger partial charge in [-0.05, 0) is 12.1 Å². The van der Waals surface area contributed by atoms with Gasteiger partial charge in [-0.15, -0.1) is 0 Å². The predicted molar refractivity (Wildman–Crippen MR) is 96.1 cm³/mol. The number of hydrogen-bond donors (Lipinski definition) is 1. The van der Waals surface area contributed by atoms with Gasteiger partial charge < -0.3 is 14.2 Å². The maximum absolute atomic E-state index is 12.6. The molecular weight excluding hydrogens is 405 g/mol. The largest absolute Gasteiger partial charge is 0.471 e. The first-order valence-corrected chi connectivity index (χ1v) is 8.51. The van der Waals surface area contributed by atoms with Crippen LogP contribution in [-0.2, 0) is 19.8 Å². The van der Waals surface area contributed by atoms with Crippen LogP contribution >= 0.6 is 0 Å². The number of H-pyrrole nitrogens is 1. The molecule has 4 aromatic heterocycles. The van der Waals surface area contributed by atoms with Gasteiger partial charge >= 0.3 is 6.18 Å². The van der Waals surface area contributed by atoms with E-state index in [0.29, 0.717) is 23.0 Å². The lowest BCUT2D eigenvalue weighted by molar-refractivity contribution is -0.137. The summed E-state index contributed by atoms with van der Waals surface area (Å²) in [6.45, 7) is -0.0411. The Morgan fingerprint density at radius 3 is 2.70 bits per heavy atom. The van der Waals surface area contributed by atoms with Gasteiger partial charge in [-0.1, -0.05) is 5.16 Å². The zero-order valence-electron chi connectivity index (χ0n) is 15.3. The summed E-state index contributed by atoms with van der Waals surface area (Å²) in [5.41, 5.74) is 0.476. The van der Waals surface area contributed by atoms with Gasteiger partial charge in [0.25, 0.3) is 5.89 Å². The Hall–Kier alpha value is -3.96. The van der Waals surface area contributed by atoms with Gasteiger partial charge in [0.05, 0.1) is 23.0 Å². The second-order valence-electron chi connectivity index (χ2n) is 6.16. The summed E-state index contributed by atoms with van der Waals surface area (Å²) >= 11 is 0. The number of rotatable bonds is 5. The number of aromatic amines is 1. The Bertz CT molecular complexity index is 1210. The summed E-state index contributed by atoms with van der Waals surface area (Å²) in [5, 5.41) is 8.03. The SMILES string of the molecule is Cn1ncc(-c2nc(-c3ccc(=O)[nH]c3)no2)c1COc1ccc(C(F)(F)F)cn1. The number of pyridine rings is 2. The van der Waals surface area contributed by atoms with Crippen molar-refractivity contribution in [3.8, 4) is 28.7 Å². The minimum absolute atomic E-state index is 0.0228. The lowest BCUT2D eigenvalue weighted by Crippen LogP contribution is -2.07. The molecule has 4 aromatic rings. The van der Waals surface area contributed by atoms with E-state index in [4.69, 9.17) is 9.26 Å². The molecule has 154 valence electrons. The Labute approximate surface area is 166 Å². The van der Waals surface area contributed by atoms with Crippen LogP contribution in [0.2, 0.25) is 0 Å². The maximum atomic E-state index is 12.6. The molecule has 0 saturated carbocycles. The molecule has 0 fully saturated rings. The Morgan fingerprint density at radius 1 is 1.20 bits per heavy atom. The lowest BCUT2D eigenvalue weighted by Gasteiger charge is -2.09. The molecule has 0 aliphatic heterocycles. The predicted octanol–water partition coefficient (Wildman–Crippen LogP) is 2.82. The van der Waals surface area contributed by atoms with Crippen LogP contribution in [0.1, 0.15) is 11.3 Å². The third kappa shape index (κ3) is 3.92. The number of nitrogens with one attached hydrogen (secondary N) is 1. The number of ether oxygens (including phenoxy) is 1. The van der Waals surface area contributed by atoms with E-state index in [1.165, 1.54) is 23.1 Å². The van der Waals surface area contributed by atoms with Crippen molar-refractivity contribution < 1.29 is 22.4 Å². The summed E-state index contributed by atoms with van der Waals surface area (Å²) < 4.78 is 50.2. The topological polar surface area (TPSA) is 112 Å². The van der Waals surface area contributed by atoms with Crippen LogP contribution in [-0.4, -0.2) is 29.9 Å². The van der Waals surface area contributed by atoms with Gasteiger partial charge in [-0.3, -0.25) is 9.48 Å². The van der Waals surface area contributed by atoms with E-state index in [2.05, 4.69) is 25.2 Å². The van der Waals surface area contributed by atoms with E-state index >= 15 is 0 Å². The minimum Gasteiger partial charge on any atom is -0.471 e. The minimum atomic E-state index is -4.47. The number of halogens is 3. The van der Waals surface area contributed by atoms with Gasteiger partial charge in [0.1, 0.15) is 6.61 Å². The summed E-state index contributed by atoms with van der Waals surface area (Å²) in [6.07, 6.45) is -0.806. The molecule has 0 amide bonds. The first-order chi connectivity index (χ1) is 14.3. The molecule has 30 heavy (non-hydrogen) atoms. The summed E-state index contributed by atoms with van der Waals surface area (Å²) in [4.78, 5) is 21.7. The zero-order valence-corrected chi connectivity index (χ0v) is 15.3. The molecule has 0 bridgehead atoms. The van der Waals surface area contributed by atoms with E-state index in [9.17, 15) is 18.0 Å². The van der Waals surface area contributed by atoms with Gasteiger partial charge in [0.2, 0.25) is 17.3 Å². The molecule has 4 heterocycles. The van der Waals surface area contributed by atoms with Crippen molar-refractivity contribution in [3.05, 3.63) is 64.5 Å². The van der Waals surface area contributed by atoms with Crippen LogP contribution in [0.3, 0.4) is 0 Å². The normalized spacial score (nSPS) is 11.6. The highest BCUT2D eigenvalue weighted by Crippen LogP contribution is 2.30. The quantitative estimate of drug-likeness (QED) is 0.530. The molecule has 0 aliphatic carbocycles. The lowest BCUT2D eigenvalue weighted by atomic mass is 10.2. The standard InChI is InChI=1S/C18H13F3N6O3/c1-27-13(9-29-15-5-3-11(7-23-15)18(19,20)21)12(8-24-27)17-25-16(26-30-17)10-2-4-14(28)22-6-10/h2-8H,9H2,1H3,(H,22,28). The molecule has 0 unspecified atom stereocenters. The number of alkyl halides is 3. The molecule has 0 radical (unpaired) electrons. The van der Waals surface area contributed by atoms with E-state index in [0.717, 1.165) is 12.1 Å². The Balaban J connectivity index is 1.54. The summed E-state index contributed by atoms with van der Waals surface area (Å²) in [6, 6.07) is 4.92. The average molecular weight is 418 g/mol. The molecule has 0 spiro atoms. The highest BCUT2D eigenvalue weighted by Gasteiger charge is 2.30. The molecule has 0 saturated heterocycles. The molecule has 1 N–H and O–H groups in total. The Morgan fingerprint density at radius 2 is 2.03 bits per heavy atom. The van der Waals surface area contributed by atoms with Gasteiger partial charge in [-0.2, -0.15) is 23.3 Å². The third-order valence-electron chi connectivity index (χ3n) is 4.18. The second-order valence-corrected chi connectivity index (χ2v) is 6.16. The smallest absolute Gasteiger partial charge is 0.417 e. The highest BCUT2D eigenvalue weighted by atomic mass is 19.4. The van der Waals surface area contributed by atoms with Crippen molar-refractivity contribution >= 4 is 0 Å². The molecule has 0 aliphatic rings. The van der Waals surface area contributed by atoms with E-state index < -0.39 is 11.7 Å². The summed E-state index contributed by atoms with van der Waals surface area (Å²) in [5.74, 6) is 0.458. The number of aromatic nitrogens is 6. The fraction of sp³-hybridized carbons (Fsp3) is 0.167. The van der Waals surface area contributed by atoms with E-state index in [1.54, 1.807) is 13.1 Å². The van der Waals surface area contributed by atoms with E-state index in [1.807, 2.05) is 0 Å². The summed E-state index contributed by atoms with van der Waals surface area (Å²) in [7, 11) is 1.67. The second kappa shape index (κ2) is 7.46. The fourth-order valence-corrected chi connectivity index (χ4v) is 2.59. The van der Waals surface area contributed by atoms with Crippen LogP contribution in [0.25, 0.3) is 22.8 Å². The molecule has 0 atom stereocenters. The maximum Gasteiger partial charge on any atom is 0.417 e. The first kappa shape index (κ1) is 19.4. The number of nitrogens with zero attached hydrogens (tertiary/aromatic N) is 5. The van der Waals surface area contributed by atoms with Crippen molar-refractivity contribution in [3.63, 3.8) is 0 Å². The van der Waals surface area contributed by atoms with Crippen molar-refractivity contribution in [2.75, 3.05) is 0 Å². The zero-order chi connectivity index (χ0) is 21.3. The number of hydrogen-bond acceptors (Lipinski definition) is 7. The Kier molecular flexibility index (Phi) is 4.82. The van der Waals surface area contributed by atoms with Crippen molar-refractivity contribution in [1.29, 1.82) is 0 Å². The van der Waals surface area contributed by atoms with Gasteiger partial charge in [0, 0.05) is 37.1 Å². The van der Waals surface area contributed by atoms with Crippen molar-refractivity contribution in [2.24, 2.45) is 7.05 Å². The highest BCUT2D eigenvalue weighted by molar-refractivity contribution is 5.60. The molecule has 0 aromatic carbocycles. The van der Waals surface area contributed by atoms with Gasteiger partial charge in [0.15, 0.2) is 0 Å². The van der Waals surface area contributed by atoms with Crippen LogP contribution in [0, 0.1) is 0 Å². The molecular formula is C18H13F3N6O3. The first-order valence-electron chi connectivity index (χ1n) is 8.51. The number of aryl methyl sites for hydroxylation is 1. The van der Waals surface area contributed by atoms with Crippen LogP contribution < -0.4 is 10.3 Å². The fourth-order valence-electron chi connectivity index (χ4n) is 2.59. The molecule has 4 rings (SSSR count). The van der Waals surface area contributed by atoms with Crippen molar-refractivity contribution in [2.45, 2.75) is 12.8 Å². The van der Waals surface area contributed by atoms with Crippen LogP contribution in [0.4, 0.5) is 13.2 Å². The molecule has 12 heteroatoms. The third-order valence-corrected chi connectivity index (χ3v) is 4.18. The molecule has 9 nitrogen and oxygen atoms in total. The van der Waals surface area contributed by atoms with Crippen LogP contribution in [0.15, 0.2) is 52.2 Å². The van der Waals surface area contributed by atoms with Crippen LogP contribution in [0.5, 0.6) is 5.88 Å². The van der Waals surface area contributed by atoms with Gasteiger partial charge in [-0.25, -0.2) is 4.98 Å². The van der Waals surface area contributed by atoms with Crippen molar-refractivity contribution in [1.82, 2.24) is 29.9 Å².